The number of amides is 2. The highest BCUT2D eigenvalue weighted by Gasteiger charge is 2.33. The fraction of sp³-hybridized carbons (Fsp3) is 0.231. The van der Waals surface area contributed by atoms with E-state index in [1.54, 1.807) is 44.2 Å². The van der Waals surface area contributed by atoms with Gasteiger partial charge in [0, 0.05) is 38.7 Å². The van der Waals surface area contributed by atoms with Crippen LogP contribution in [0.4, 0.5) is 5.69 Å². The maximum absolute atomic E-state index is 13.8. The first kappa shape index (κ1) is 30.1. The Hall–Kier alpha value is -2.49. The van der Waals surface area contributed by atoms with Gasteiger partial charge >= 0.3 is 0 Å². The third kappa shape index (κ3) is 7.12. The zero-order valence-corrected chi connectivity index (χ0v) is 24.3. The van der Waals surface area contributed by atoms with Crippen LogP contribution in [0.1, 0.15) is 19.4 Å². The van der Waals surface area contributed by atoms with E-state index in [9.17, 15) is 18.0 Å². The minimum absolute atomic E-state index is 0.0767. The number of benzene rings is 3. The molecular formula is C26H25Cl4N3O4S. The van der Waals surface area contributed by atoms with Crippen molar-refractivity contribution in [2.24, 2.45) is 0 Å². The average Bonchev–Trinajstić information content (AvgIpc) is 2.87. The van der Waals surface area contributed by atoms with Crippen LogP contribution in [-0.4, -0.2) is 44.3 Å². The Bertz CT molecular complexity index is 1400. The van der Waals surface area contributed by atoms with E-state index in [1.165, 1.54) is 41.3 Å². The zero-order chi connectivity index (χ0) is 28.0. The topological polar surface area (TPSA) is 86.8 Å². The van der Waals surface area contributed by atoms with Crippen LogP contribution in [0.2, 0.25) is 20.1 Å². The first-order chi connectivity index (χ1) is 17.9. The van der Waals surface area contributed by atoms with Crippen molar-refractivity contribution in [3.8, 4) is 0 Å². The molecule has 38 heavy (non-hydrogen) atoms. The maximum Gasteiger partial charge on any atom is 0.264 e. The summed E-state index contributed by atoms with van der Waals surface area (Å²) in [6.07, 6.45) is 0. The van der Waals surface area contributed by atoms with E-state index >= 15 is 0 Å². The first-order valence-electron chi connectivity index (χ1n) is 11.5. The number of hydrogen-bond donors (Lipinski definition) is 1. The Morgan fingerprint density at radius 1 is 0.895 bits per heavy atom. The SMILES string of the molecule is CCNC(=O)[C@H](C)N(Cc1c(Cl)cccc1Cl)C(=O)CN(c1cccc(Cl)c1)S(=O)(=O)c1ccc(Cl)cc1. The van der Waals surface area contributed by atoms with E-state index in [2.05, 4.69) is 5.32 Å². The summed E-state index contributed by atoms with van der Waals surface area (Å²) in [5.74, 6) is -1.07. The second-order valence-corrected chi connectivity index (χ2v) is 11.8. The standard InChI is InChI=1S/C26H25Cl4N3O4S/c1-3-31-26(35)17(2)32(15-22-23(29)8-5-9-24(22)30)25(34)16-33(20-7-4-6-19(28)14-20)38(36,37)21-12-10-18(27)11-13-21/h4-14,17H,3,15-16H2,1-2H3,(H,31,35)/t17-/m0/s1. The molecule has 0 unspecified atom stereocenters. The lowest BCUT2D eigenvalue weighted by Crippen LogP contribution is -2.51. The molecule has 0 aromatic heterocycles. The Balaban J connectivity index is 2.07. The molecule has 0 spiro atoms. The van der Waals surface area contributed by atoms with Gasteiger partial charge in [-0.2, -0.15) is 0 Å². The molecule has 7 nitrogen and oxygen atoms in total. The molecule has 2 amide bonds. The van der Waals surface area contributed by atoms with Crippen molar-refractivity contribution in [2.75, 3.05) is 17.4 Å². The van der Waals surface area contributed by atoms with Crippen molar-refractivity contribution < 1.29 is 18.0 Å². The van der Waals surface area contributed by atoms with Gasteiger partial charge in [0.15, 0.2) is 0 Å². The van der Waals surface area contributed by atoms with Gasteiger partial charge in [0.25, 0.3) is 10.0 Å². The quantitative estimate of drug-likeness (QED) is 0.300. The highest BCUT2D eigenvalue weighted by Crippen LogP contribution is 2.29. The molecule has 3 rings (SSSR count). The summed E-state index contributed by atoms with van der Waals surface area (Å²) in [6.45, 7) is 2.89. The van der Waals surface area contributed by atoms with Gasteiger partial charge in [-0.3, -0.25) is 13.9 Å². The molecule has 0 saturated heterocycles. The summed E-state index contributed by atoms with van der Waals surface area (Å²) in [4.78, 5) is 27.8. The summed E-state index contributed by atoms with van der Waals surface area (Å²) >= 11 is 24.8. The number of hydrogen-bond acceptors (Lipinski definition) is 4. The maximum atomic E-state index is 13.8. The van der Waals surface area contributed by atoms with Gasteiger partial charge in [-0.15, -0.1) is 0 Å². The molecule has 3 aromatic rings. The summed E-state index contributed by atoms with van der Waals surface area (Å²) in [5.41, 5.74) is 0.595. The van der Waals surface area contributed by atoms with Crippen molar-refractivity contribution in [2.45, 2.75) is 31.3 Å². The number of carbonyl (C=O) groups is 2. The molecule has 0 aliphatic heterocycles. The lowest BCUT2D eigenvalue weighted by molar-refractivity contribution is -0.139. The average molecular weight is 617 g/mol. The molecule has 0 aliphatic carbocycles. The Kier molecular flexibility index (Phi) is 10.3. The Labute approximate surface area is 242 Å². The fourth-order valence-electron chi connectivity index (χ4n) is 3.65. The normalized spacial score (nSPS) is 12.1. The van der Waals surface area contributed by atoms with Crippen molar-refractivity contribution in [3.63, 3.8) is 0 Å². The minimum Gasteiger partial charge on any atom is -0.355 e. The van der Waals surface area contributed by atoms with Crippen LogP contribution in [-0.2, 0) is 26.2 Å². The van der Waals surface area contributed by atoms with Crippen molar-refractivity contribution in [1.29, 1.82) is 0 Å². The summed E-state index contributed by atoms with van der Waals surface area (Å²) < 4.78 is 28.4. The predicted octanol–water partition coefficient (Wildman–Crippen LogP) is 6.05. The van der Waals surface area contributed by atoms with Gasteiger partial charge in [0.2, 0.25) is 11.8 Å². The lowest BCUT2D eigenvalue weighted by Gasteiger charge is -2.32. The van der Waals surface area contributed by atoms with Crippen LogP contribution in [0.3, 0.4) is 0 Å². The van der Waals surface area contributed by atoms with E-state index in [-0.39, 0.29) is 22.2 Å². The number of anilines is 1. The lowest BCUT2D eigenvalue weighted by atomic mass is 10.1. The number of sulfonamides is 1. The molecule has 1 atom stereocenters. The largest absolute Gasteiger partial charge is 0.355 e. The van der Waals surface area contributed by atoms with Crippen LogP contribution in [0.15, 0.2) is 71.6 Å². The molecule has 0 bridgehead atoms. The highest BCUT2D eigenvalue weighted by atomic mass is 35.5. The van der Waals surface area contributed by atoms with Gasteiger partial charge in [-0.05, 0) is 68.4 Å². The number of rotatable bonds is 10. The van der Waals surface area contributed by atoms with Crippen LogP contribution in [0, 0.1) is 0 Å². The fourth-order valence-corrected chi connectivity index (χ4v) is 5.89. The third-order valence-electron chi connectivity index (χ3n) is 5.69. The smallest absolute Gasteiger partial charge is 0.264 e. The van der Waals surface area contributed by atoms with E-state index in [0.29, 0.717) is 27.2 Å². The summed E-state index contributed by atoms with van der Waals surface area (Å²) in [7, 11) is -4.25. The third-order valence-corrected chi connectivity index (χ3v) is 8.67. The van der Waals surface area contributed by atoms with Gasteiger partial charge in [0.05, 0.1) is 10.6 Å². The Morgan fingerprint density at radius 3 is 2.08 bits per heavy atom. The van der Waals surface area contributed by atoms with Crippen LogP contribution in [0.25, 0.3) is 0 Å². The van der Waals surface area contributed by atoms with Gasteiger partial charge in [-0.1, -0.05) is 58.5 Å². The van der Waals surface area contributed by atoms with E-state index in [0.717, 1.165) is 4.31 Å². The molecule has 0 heterocycles. The minimum atomic E-state index is -4.25. The number of nitrogens with zero attached hydrogens (tertiary/aromatic N) is 2. The predicted molar refractivity (Wildman–Crippen MR) is 153 cm³/mol. The van der Waals surface area contributed by atoms with Gasteiger partial charge in [0.1, 0.15) is 12.6 Å². The van der Waals surface area contributed by atoms with Crippen molar-refractivity contribution >= 4 is 73.9 Å². The first-order valence-corrected chi connectivity index (χ1v) is 14.4. The van der Waals surface area contributed by atoms with E-state index in [4.69, 9.17) is 46.4 Å². The molecular weight excluding hydrogens is 592 g/mol. The molecule has 0 fully saturated rings. The van der Waals surface area contributed by atoms with Crippen LogP contribution >= 0.6 is 46.4 Å². The molecule has 0 radical (unpaired) electrons. The second kappa shape index (κ2) is 13.0. The molecule has 202 valence electrons. The molecule has 0 aliphatic rings. The van der Waals surface area contributed by atoms with E-state index < -0.39 is 34.4 Å². The second-order valence-electron chi connectivity index (χ2n) is 8.24. The zero-order valence-electron chi connectivity index (χ0n) is 20.5. The molecule has 3 aromatic carbocycles. The monoisotopic (exact) mass is 615 g/mol. The van der Waals surface area contributed by atoms with Crippen LogP contribution in [0.5, 0.6) is 0 Å². The summed E-state index contributed by atoms with van der Waals surface area (Å²) in [5, 5.41) is 3.93. The molecule has 1 N–H and O–H groups in total. The number of halogens is 4. The molecule has 12 heteroatoms. The molecule has 0 saturated carbocycles. The van der Waals surface area contributed by atoms with E-state index in [1.807, 2.05) is 0 Å². The Morgan fingerprint density at radius 2 is 1.50 bits per heavy atom. The van der Waals surface area contributed by atoms with Crippen LogP contribution < -0.4 is 9.62 Å². The summed E-state index contributed by atoms with van der Waals surface area (Å²) in [6, 6.07) is 15.6. The highest BCUT2D eigenvalue weighted by molar-refractivity contribution is 7.92. The number of nitrogens with one attached hydrogen (secondary N) is 1. The van der Waals surface area contributed by atoms with Gasteiger partial charge < -0.3 is 10.2 Å². The number of carbonyl (C=O) groups excluding carboxylic acids is 2. The van der Waals surface area contributed by atoms with Crippen molar-refractivity contribution in [1.82, 2.24) is 10.2 Å². The number of likely N-dealkylation sites (N-methyl/N-ethyl adjacent to an activating group) is 1. The van der Waals surface area contributed by atoms with Crippen molar-refractivity contribution in [3.05, 3.63) is 92.4 Å². The van der Waals surface area contributed by atoms with Gasteiger partial charge in [-0.25, -0.2) is 8.42 Å².